The molecule has 1 aromatic carbocycles. The van der Waals surface area contributed by atoms with Crippen LogP contribution in [0.25, 0.3) is 17.3 Å². The minimum Gasteiger partial charge on any atom is -0.460 e. The molecule has 1 aromatic heterocycles. The van der Waals surface area contributed by atoms with Crippen molar-refractivity contribution >= 4 is 28.0 Å². The van der Waals surface area contributed by atoms with Gasteiger partial charge in [0.25, 0.3) is 0 Å². The fourth-order valence-electron chi connectivity index (χ4n) is 3.42. The van der Waals surface area contributed by atoms with Crippen molar-refractivity contribution in [3.05, 3.63) is 47.4 Å². The van der Waals surface area contributed by atoms with Gasteiger partial charge in [0, 0.05) is 24.6 Å². The second-order valence-corrected chi connectivity index (χ2v) is 12.2. The maximum Gasteiger partial charge on any atom is 0.308 e. The van der Waals surface area contributed by atoms with E-state index in [0.717, 1.165) is 10.6 Å². The number of aliphatic hydroxyl groups is 2. The summed E-state index contributed by atoms with van der Waals surface area (Å²) in [7, 11) is -2.31. The molecule has 0 spiro atoms. The zero-order chi connectivity index (χ0) is 28.1. The molecular weight excluding hydrogens is 501 g/mol. The highest BCUT2D eigenvalue weighted by Gasteiger charge is 2.23. The van der Waals surface area contributed by atoms with Crippen LogP contribution in [0.3, 0.4) is 0 Å². The summed E-state index contributed by atoms with van der Waals surface area (Å²) in [4.78, 5) is 20.9. The number of hydrogen-bond acceptors (Lipinski definition) is 8. The summed E-state index contributed by atoms with van der Waals surface area (Å²) in [5, 5.41) is 20.8. The molecule has 0 aliphatic rings. The SMILES string of the molecule is CC(C)c1nc(N(C)S(C)(=O)=O)nc(-c2ccc(F)cc2)c1C=CC(O)C[C@@H](O)CC(=O)OC(C)(C)C. The van der Waals surface area contributed by atoms with Crippen LogP contribution in [0.2, 0.25) is 0 Å². The molecule has 2 rings (SSSR count). The number of esters is 1. The number of hydrogen-bond donors (Lipinski definition) is 2. The molecule has 1 unspecified atom stereocenters. The van der Waals surface area contributed by atoms with Gasteiger partial charge in [-0.15, -0.1) is 0 Å². The summed E-state index contributed by atoms with van der Waals surface area (Å²) >= 11 is 0. The monoisotopic (exact) mass is 537 g/mol. The van der Waals surface area contributed by atoms with E-state index in [1.54, 1.807) is 26.8 Å². The summed E-state index contributed by atoms with van der Waals surface area (Å²) < 4.78 is 44.1. The van der Waals surface area contributed by atoms with Gasteiger partial charge in [-0.05, 0) is 51.0 Å². The summed E-state index contributed by atoms with van der Waals surface area (Å²) in [6.45, 7) is 8.92. The number of anilines is 1. The van der Waals surface area contributed by atoms with Gasteiger partial charge in [0.1, 0.15) is 11.4 Å². The number of nitrogens with zero attached hydrogens (tertiary/aromatic N) is 3. The minimum atomic E-state index is -3.65. The van der Waals surface area contributed by atoms with E-state index in [-0.39, 0.29) is 24.7 Å². The Hall–Kier alpha value is -2.89. The molecule has 0 aliphatic carbocycles. The quantitative estimate of drug-likeness (QED) is 0.439. The van der Waals surface area contributed by atoms with Crippen LogP contribution in [0, 0.1) is 5.82 Å². The average Bonchev–Trinajstić information content (AvgIpc) is 2.75. The molecule has 37 heavy (non-hydrogen) atoms. The number of benzene rings is 1. The maximum absolute atomic E-state index is 13.6. The van der Waals surface area contributed by atoms with Gasteiger partial charge in [-0.1, -0.05) is 26.0 Å². The van der Waals surface area contributed by atoms with E-state index >= 15 is 0 Å². The standard InChI is InChI=1S/C26H36FN3O6S/c1-16(2)23-21(13-12-19(31)14-20(32)15-22(33)36-26(3,4)5)24(17-8-10-18(27)11-9-17)29-25(28-23)30(6)37(7,34)35/h8-13,16,19-20,31-32H,14-15H2,1-7H3/t19?,20-/m1/s1. The molecule has 0 fully saturated rings. The largest absolute Gasteiger partial charge is 0.460 e. The first kappa shape index (κ1) is 30.3. The van der Waals surface area contributed by atoms with Crippen LogP contribution in [0.4, 0.5) is 10.3 Å². The van der Waals surface area contributed by atoms with Crippen molar-refractivity contribution in [2.75, 3.05) is 17.6 Å². The third-order valence-corrected chi connectivity index (χ3v) is 6.39. The molecule has 11 heteroatoms. The summed E-state index contributed by atoms with van der Waals surface area (Å²) in [5.41, 5.74) is 1.21. The molecule has 2 N–H and O–H groups in total. The van der Waals surface area contributed by atoms with Crippen LogP contribution >= 0.6 is 0 Å². The van der Waals surface area contributed by atoms with Crippen LogP contribution in [0.15, 0.2) is 30.3 Å². The number of halogens is 1. The highest BCUT2D eigenvalue weighted by molar-refractivity contribution is 7.92. The lowest BCUT2D eigenvalue weighted by atomic mass is 9.97. The molecule has 2 atom stereocenters. The Morgan fingerprint density at radius 2 is 1.76 bits per heavy atom. The third kappa shape index (κ3) is 9.17. The van der Waals surface area contributed by atoms with Gasteiger partial charge in [-0.3, -0.25) is 4.79 Å². The van der Waals surface area contributed by atoms with E-state index in [0.29, 0.717) is 22.5 Å². The lowest BCUT2D eigenvalue weighted by Crippen LogP contribution is -2.28. The topological polar surface area (TPSA) is 130 Å². The fourth-order valence-corrected chi connectivity index (χ4v) is 3.80. The number of sulfonamides is 1. The Labute approximate surface area is 218 Å². The summed E-state index contributed by atoms with van der Waals surface area (Å²) in [5.74, 6) is -1.22. The first-order valence-electron chi connectivity index (χ1n) is 11.9. The minimum absolute atomic E-state index is 0.0454. The molecule has 0 radical (unpaired) electrons. The number of carbonyl (C=O) groups is 1. The first-order valence-corrected chi connectivity index (χ1v) is 13.7. The zero-order valence-corrected chi connectivity index (χ0v) is 23.1. The van der Waals surface area contributed by atoms with Gasteiger partial charge in [0.2, 0.25) is 16.0 Å². The highest BCUT2D eigenvalue weighted by atomic mass is 32.2. The highest BCUT2D eigenvalue weighted by Crippen LogP contribution is 2.31. The van der Waals surface area contributed by atoms with Gasteiger partial charge in [0.15, 0.2) is 0 Å². The Morgan fingerprint density at radius 3 is 2.27 bits per heavy atom. The lowest BCUT2D eigenvalue weighted by molar-refractivity contribution is -0.157. The molecule has 204 valence electrons. The number of aliphatic hydroxyl groups excluding tert-OH is 2. The summed E-state index contributed by atoms with van der Waals surface area (Å²) in [6.07, 6.45) is 1.44. The Kier molecular flexibility index (Phi) is 9.92. The molecule has 0 amide bonds. The predicted molar refractivity (Wildman–Crippen MR) is 141 cm³/mol. The van der Waals surface area contributed by atoms with Crippen LogP contribution in [0.5, 0.6) is 0 Å². The Balaban J connectivity index is 2.45. The van der Waals surface area contributed by atoms with Gasteiger partial charge in [-0.2, -0.15) is 0 Å². The van der Waals surface area contributed by atoms with Crippen LogP contribution in [-0.4, -0.2) is 65.7 Å². The molecule has 0 bridgehead atoms. The second kappa shape index (κ2) is 12.1. The van der Waals surface area contributed by atoms with Crippen LogP contribution in [0.1, 0.15) is 64.6 Å². The molecule has 0 aliphatic heterocycles. The molecule has 0 saturated carbocycles. The van der Waals surface area contributed by atoms with Gasteiger partial charge >= 0.3 is 5.97 Å². The number of aromatic nitrogens is 2. The third-order valence-electron chi connectivity index (χ3n) is 5.23. The van der Waals surface area contributed by atoms with Crippen molar-refractivity contribution in [1.29, 1.82) is 0 Å². The van der Waals surface area contributed by atoms with Crippen molar-refractivity contribution in [2.24, 2.45) is 0 Å². The van der Waals surface area contributed by atoms with E-state index in [1.165, 1.54) is 37.4 Å². The van der Waals surface area contributed by atoms with E-state index in [2.05, 4.69) is 9.97 Å². The van der Waals surface area contributed by atoms with Crippen LogP contribution in [-0.2, 0) is 19.6 Å². The molecule has 0 saturated heterocycles. The molecule has 9 nitrogen and oxygen atoms in total. The smallest absolute Gasteiger partial charge is 0.308 e. The van der Waals surface area contributed by atoms with E-state index < -0.39 is 39.6 Å². The van der Waals surface area contributed by atoms with Crippen molar-refractivity contribution < 1.29 is 32.6 Å². The van der Waals surface area contributed by atoms with Crippen molar-refractivity contribution in [1.82, 2.24) is 9.97 Å². The summed E-state index contributed by atoms with van der Waals surface area (Å²) in [6, 6.07) is 5.57. The number of carbonyl (C=O) groups excluding carboxylic acids is 1. The molecule has 1 heterocycles. The van der Waals surface area contributed by atoms with Crippen molar-refractivity contribution in [3.8, 4) is 11.3 Å². The van der Waals surface area contributed by atoms with E-state index in [4.69, 9.17) is 4.74 Å². The maximum atomic E-state index is 13.6. The number of rotatable bonds is 10. The van der Waals surface area contributed by atoms with Crippen molar-refractivity contribution in [3.63, 3.8) is 0 Å². The van der Waals surface area contributed by atoms with E-state index in [9.17, 15) is 27.8 Å². The Morgan fingerprint density at radius 1 is 1.16 bits per heavy atom. The van der Waals surface area contributed by atoms with Gasteiger partial charge < -0.3 is 14.9 Å². The number of ether oxygens (including phenoxy) is 1. The van der Waals surface area contributed by atoms with Gasteiger partial charge in [-0.25, -0.2) is 27.1 Å². The first-order chi connectivity index (χ1) is 17.0. The molecular formula is C26H36FN3O6S. The predicted octanol–water partition coefficient (Wildman–Crippen LogP) is 3.66. The van der Waals surface area contributed by atoms with Crippen LogP contribution < -0.4 is 4.31 Å². The zero-order valence-electron chi connectivity index (χ0n) is 22.3. The fraction of sp³-hybridized carbons (Fsp3) is 0.500. The van der Waals surface area contributed by atoms with Gasteiger partial charge in [0.05, 0.1) is 36.3 Å². The normalized spacial score (nSPS) is 14.1. The van der Waals surface area contributed by atoms with Crippen molar-refractivity contribution in [2.45, 2.75) is 71.2 Å². The van der Waals surface area contributed by atoms with E-state index in [1.807, 2.05) is 13.8 Å². The second-order valence-electron chi connectivity index (χ2n) is 10.2. The lowest BCUT2D eigenvalue weighted by Gasteiger charge is -2.21. The Bertz CT molecular complexity index is 1220. The molecule has 2 aromatic rings. The average molecular weight is 538 g/mol.